The van der Waals surface area contributed by atoms with Crippen LogP contribution in [0.1, 0.15) is 58.8 Å². The van der Waals surface area contributed by atoms with E-state index in [1.165, 1.54) is 38.5 Å². The molecule has 0 aliphatic rings. The predicted molar refractivity (Wildman–Crippen MR) is 87.9 cm³/mol. The number of amides is 1. The van der Waals surface area contributed by atoms with Gasteiger partial charge in [-0.25, -0.2) is 0 Å². The normalized spacial score (nSPS) is 11.4. The summed E-state index contributed by atoms with van der Waals surface area (Å²) in [4.78, 5) is 16.0. The highest BCUT2D eigenvalue weighted by molar-refractivity contribution is 5.87. The zero-order valence-electron chi connectivity index (χ0n) is 14.0. The van der Waals surface area contributed by atoms with Crippen molar-refractivity contribution < 1.29 is 4.79 Å². The number of nitrogens with zero attached hydrogens (tertiary/aromatic N) is 2. The van der Waals surface area contributed by atoms with Crippen molar-refractivity contribution in [1.82, 2.24) is 9.80 Å². The van der Waals surface area contributed by atoms with Crippen LogP contribution >= 0.6 is 0 Å². The Balaban J connectivity index is 3.73. The van der Waals surface area contributed by atoms with Crippen molar-refractivity contribution in [3.8, 4) is 0 Å². The molecule has 0 radical (unpaired) electrons. The first-order chi connectivity index (χ1) is 9.61. The van der Waals surface area contributed by atoms with Crippen molar-refractivity contribution in [3.05, 3.63) is 12.2 Å². The Kier molecular flexibility index (Phi) is 12.6. The van der Waals surface area contributed by atoms with E-state index in [1.807, 2.05) is 32.0 Å². The summed E-state index contributed by atoms with van der Waals surface area (Å²) in [6.45, 7) is 6.79. The molecule has 0 aromatic carbocycles. The first kappa shape index (κ1) is 19.2. The number of rotatable bonds is 12. The van der Waals surface area contributed by atoms with Crippen LogP contribution in [0, 0.1) is 0 Å². The van der Waals surface area contributed by atoms with Gasteiger partial charge in [-0.05, 0) is 39.9 Å². The Morgan fingerprint density at radius 2 is 1.60 bits per heavy atom. The number of hydrogen-bond acceptors (Lipinski definition) is 2. The van der Waals surface area contributed by atoms with Crippen molar-refractivity contribution >= 4 is 5.91 Å². The molecule has 0 heterocycles. The monoisotopic (exact) mass is 282 g/mol. The van der Waals surface area contributed by atoms with Gasteiger partial charge in [0, 0.05) is 19.6 Å². The molecule has 0 aliphatic heterocycles. The topological polar surface area (TPSA) is 23.6 Å². The molecular weight excluding hydrogens is 248 g/mol. The van der Waals surface area contributed by atoms with Gasteiger partial charge in [0.15, 0.2) is 0 Å². The molecule has 20 heavy (non-hydrogen) atoms. The van der Waals surface area contributed by atoms with E-state index in [1.54, 1.807) is 6.08 Å². The predicted octanol–water partition coefficient (Wildman–Crippen LogP) is 3.70. The third-order valence-corrected chi connectivity index (χ3v) is 3.50. The molecular formula is C17H34N2O. The van der Waals surface area contributed by atoms with E-state index in [-0.39, 0.29) is 5.91 Å². The summed E-state index contributed by atoms with van der Waals surface area (Å²) in [6, 6.07) is 0. The third kappa shape index (κ3) is 11.0. The maximum absolute atomic E-state index is 12.0. The zero-order chi connectivity index (χ0) is 15.2. The van der Waals surface area contributed by atoms with Gasteiger partial charge in [-0.3, -0.25) is 4.79 Å². The van der Waals surface area contributed by atoms with Gasteiger partial charge < -0.3 is 9.80 Å². The van der Waals surface area contributed by atoms with E-state index < -0.39 is 0 Å². The highest BCUT2D eigenvalue weighted by atomic mass is 16.2. The highest BCUT2D eigenvalue weighted by Crippen LogP contribution is 2.07. The number of unbranched alkanes of at least 4 members (excludes halogenated alkanes) is 6. The van der Waals surface area contributed by atoms with Crippen LogP contribution in [0.5, 0.6) is 0 Å². The molecule has 0 rings (SSSR count). The van der Waals surface area contributed by atoms with Crippen molar-refractivity contribution in [1.29, 1.82) is 0 Å². The van der Waals surface area contributed by atoms with Gasteiger partial charge in [-0.1, -0.05) is 45.1 Å². The fraction of sp³-hybridized carbons (Fsp3) is 0.824. The molecule has 118 valence electrons. The maximum Gasteiger partial charge on any atom is 0.246 e. The molecule has 3 nitrogen and oxygen atoms in total. The fourth-order valence-corrected chi connectivity index (χ4v) is 2.08. The average Bonchev–Trinajstić information content (AvgIpc) is 2.42. The van der Waals surface area contributed by atoms with E-state index in [9.17, 15) is 4.79 Å². The van der Waals surface area contributed by atoms with Crippen LogP contribution in [0.15, 0.2) is 12.2 Å². The molecule has 0 aromatic rings. The largest absolute Gasteiger partial charge is 0.338 e. The van der Waals surface area contributed by atoms with Crippen molar-refractivity contribution in [2.45, 2.75) is 58.8 Å². The molecule has 0 saturated carbocycles. The summed E-state index contributed by atoms with van der Waals surface area (Å²) in [5.74, 6) is 0.153. The summed E-state index contributed by atoms with van der Waals surface area (Å²) in [5, 5.41) is 0. The van der Waals surface area contributed by atoms with E-state index in [4.69, 9.17) is 0 Å². The lowest BCUT2D eigenvalue weighted by Crippen LogP contribution is -2.35. The summed E-state index contributed by atoms with van der Waals surface area (Å²) in [5.41, 5.74) is 0. The van der Waals surface area contributed by atoms with Gasteiger partial charge in [0.1, 0.15) is 0 Å². The van der Waals surface area contributed by atoms with Gasteiger partial charge in [0.25, 0.3) is 0 Å². The third-order valence-electron chi connectivity index (χ3n) is 3.50. The zero-order valence-corrected chi connectivity index (χ0v) is 14.0. The number of likely N-dealkylation sites (N-methyl/N-ethyl adjacent to an activating group) is 2. The molecule has 0 spiro atoms. The lowest BCUT2D eigenvalue weighted by atomic mass is 10.1. The second-order valence-corrected chi connectivity index (χ2v) is 5.68. The molecule has 0 unspecified atom stereocenters. The Bertz CT molecular complexity index is 262. The Labute approximate surface area is 126 Å². The maximum atomic E-state index is 12.0. The number of carbonyl (C=O) groups is 1. The molecule has 1 amide bonds. The summed E-state index contributed by atoms with van der Waals surface area (Å²) in [7, 11) is 4.07. The van der Waals surface area contributed by atoms with E-state index >= 15 is 0 Å². The standard InChI is InChI=1S/C17H34N2O/c1-5-7-8-9-10-11-12-13-14-17(20)19(6-2)16-15-18(3)4/h13-14H,5-12,15-16H2,1-4H3/b14-13+. The first-order valence-electron chi connectivity index (χ1n) is 8.22. The molecule has 3 heteroatoms. The molecule has 0 aromatic heterocycles. The quantitative estimate of drug-likeness (QED) is 0.402. The number of hydrogen-bond donors (Lipinski definition) is 0. The number of allylic oxidation sites excluding steroid dienone is 1. The Hall–Kier alpha value is -0.830. The van der Waals surface area contributed by atoms with Crippen LogP contribution in [0.3, 0.4) is 0 Å². The smallest absolute Gasteiger partial charge is 0.246 e. The fourth-order valence-electron chi connectivity index (χ4n) is 2.08. The summed E-state index contributed by atoms with van der Waals surface area (Å²) in [6.07, 6.45) is 12.7. The minimum Gasteiger partial charge on any atom is -0.338 e. The number of carbonyl (C=O) groups excluding carboxylic acids is 1. The Morgan fingerprint density at radius 3 is 2.20 bits per heavy atom. The van der Waals surface area contributed by atoms with Crippen LogP contribution in [0.4, 0.5) is 0 Å². The van der Waals surface area contributed by atoms with Crippen LogP contribution in [0.25, 0.3) is 0 Å². The lowest BCUT2D eigenvalue weighted by Gasteiger charge is -2.21. The van der Waals surface area contributed by atoms with Crippen LogP contribution < -0.4 is 0 Å². The van der Waals surface area contributed by atoms with E-state index in [0.29, 0.717) is 0 Å². The lowest BCUT2D eigenvalue weighted by molar-refractivity contribution is -0.126. The van der Waals surface area contributed by atoms with Crippen molar-refractivity contribution in [2.24, 2.45) is 0 Å². The highest BCUT2D eigenvalue weighted by Gasteiger charge is 2.07. The van der Waals surface area contributed by atoms with Crippen molar-refractivity contribution in [3.63, 3.8) is 0 Å². The van der Waals surface area contributed by atoms with Gasteiger partial charge in [-0.2, -0.15) is 0 Å². The second kappa shape index (κ2) is 13.2. The van der Waals surface area contributed by atoms with Crippen LogP contribution in [-0.2, 0) is 4.79 Å². The molecule has 0 fully saturated rings. The molecule has 0 N–H and O–H groups in total. The van der Waals surface area contributed by atoms with Crippen LogP contribution in [0.2, 0.25) is 0 Å². The minimum absolute atomic E-state index is 0.153. The summed E-state index contributed by atoms with van der Waals surface area (Å²) >= 11 is 0. The van der Waals surface area contributed by atoms with Gasteiger partial charge in [-0.15, -0.1) is 0 Å². The van der Waals surface area contributed by atoms with Crippen molar-refractivity contribution in [2.75, 3.05) is 33.7 Å². The Morgan fingerprint density at radius 1 is 0.950 bits per heavy atom. The van der Waals surface area contributed by atoms with E-state index in [2.05, 4.69) is 11.8 Å². The van der Waals surface area contributed by atoms with Gasteiger partial charge in [0.2, 0.25) is 5.91 Å². The summed E-state index contributed by atoms with van der Waals surface area (Å²) < 4.78 is 0. The van der Waals surface area contributed by atoms with Crippen LogP contribution in [-0.4, -0.2) is 49.4 Å². The first-order valence-corrected chi connectivity index (χ1v) is 8.22. The molecule has 0 saturated heterocycles. The SMILES string of the molecule is CCCCCCCC/C=C/C(=O)N(CC)CCN(C)C. The molecule has 0 aliphatic carbocycles. The van der Waals surface area contributed by atoms with E-state index in [0.717, 1.165) is 26.1 Å². The van der Waals surface area contributed by atoms with Gasteiger partial charge in [0.05, 0.1) is 0 Å². The average molecular weight is 282 g/mol. The molecule has 0 bridgehead atoms. The van der Waals surface area contributed by atoms with Gasteiger partial charge >= 0.3 is 0 Å². The molecule has 0 atom stereocenters. The second-order valence-electron chi connectivity index (χ2n) is 5.68. The minimum atomic E-state index is 0.153.